The van der Waals surface area contributed by atoms with Crippen molar-refractivity contribution in [1.29, 1.82) is 0 Å². The number of halogens is 1. The third-order valence-corrected chi connectivity index (χ3v) is 4.54. The minimum absolute atomic E-state index is 0.0151. The van der Waals surface area contributed by atoms with Crippen LogP contribution in [0.1, 0.15) is 12.8 Å². The monoisotopic (exact) mass is 325 g/mol. The Morgan fingerprint density at radius 3 is 3.09 bits per heavy atom. The maximum absolute atomic E-state index is 12.5. The summed E-state index contributed by atoms with van der Waals surface area (Å²) in [5.41, 5.74) is 0. The van der Waals surface area contributed by atoms with E-state index in [1.54, 1.807) is 31.4 Å². The van der Waals surface area contributed by atoms with E-state index in [4.69, 9.17) is 25.8 Å². The number of hydrogen-bond acceptors (Lipinski definition) is 4. The van der Waals surface area contributed by atoms with Crippen molar-refractivity contribution in [1.82, 2.24) is 4.90 Å². The van der Waals surface area contributed by atoms with Crippen LogP contribution in [-0.4, -0.2) is 55.9 Å². The number of carbonyl (C=O) groups is 1. The van der Waals surface area contributed by atoms with Gasteiger partial charge in [-0.05, 0) is 31.0 Å². The number of ether oxygens (including phenoxy) is 3. The fourth-order valence-corrected chi connectivity index (χ4v) is 3.41. The van der Waals surface area contributed by atoms with E-state index < -0.39 is 0 Å². The van der Waals surface area contributed by atoms with Gasteiger partial charge < -0.3 is 19.1 Å². The molecule has 0 bridgehead atoms. The molecule has 22 heavy (non-hydrogen) atoms. The predicted molar refractivity (Wildman–Crippen MR) is 82.2 cm³/mol. The number of hydrogen-bond donors (Lipinski definition) is 0. The maximum Gasteiger partial charge on any atom is 0.260 e. The number of likely N-dealkylation sites (tertiary alicyclic amines) is 1. The molecule has 0 aromatic heterocycles. The van der Waals surface area contributed by atoms with Gasteiger partial charge in [0, 0.05) is 25.3 Å². The van der Waals surface area contributed by atoms with Gasteiger partial charge in [-0.3, -0.25) is 4.79 Å². The van der Waals surface area contributed by atoms with Crippen LogP contribution in [0.25, 0.3) is 0 Å². The largest absolute Gasteiger partial charge is 0.484 e. The van der Waals surface area contributed by atoms with Crippen LogP contribution in [0.2, 0.25) is 5.02 Å². The molecule has 5 nitrogen and oxygen atoms in total. The highest BCUT2D eigenvalue weighted by molar-refractivity contribution is 6.30. The lowest BCUT2D eigenvalue weighted by molar-refractivity contribution is -0.145. The molecular weight excluding hydrogens is 306 g/mol. The smallest absolute Gasteiger partial charge is 0.260 e. The van der Waals surface area contributed by atoms with E-state index in [0.717, 1.165) is 12.8 Å². The molecule has 6 heteroatoms. The molecule has 1 aromatic rings. The SMILES string of the molecule is CO[C@@H]1CCN(C(=O)COc2cccc(Cl)c2)[C@@H]2CCO[C@H]21. The van der Waals surface area contributed by atoms with Gasteiger partial charge in [0.1, 0.15) is 11.9 Å². The second-order valence-corrected chi connectivity index (χ2v) is 6.02. The van der Waals surface area contributed by atoms with Crippen molar-refractivity contribution in [2.75, 3.05) is 26.9 Å². The Labute approximate surface area is 135 Å². The van der Waals surface area contributed by atoms with Gasteiger partial charge in [0.25, 0.3) is 5.91 Å². The highest BCUT2D eigenvalue weighted by Crippen LogP contribution is 2.30. The molecule has 0 N–H and O–H groups in total. The number of rotatable bonds is 4. The molecule has 2 heterocycles. The summed E-state index contributed by atoms with van der Waals surface area (Å²) in [6.07, 6.45) is 1.70. The third-order valence-electron chi connectivity index (χ3n) is 4.31. The van der Waals surface area contributed by atoms with E-state index in [2.05, 4.69) is 0 Å². The number of fused-ring (bicyclic) bond motifs is 1. The average Bonchev–Trinajstić information content (AvgIpc) is 3.01. The van der Waals surface area contributed by atoms with Crippen molar-refractivity contribution < 1.29 is 19.0 Å². The first-order chi connectivity index (χ1) is 10.7. The van der Waals surface area contributed by atoms with E-state index in [1.165, 1.54) is 0 Å². The topological polar surface area (TPSA) is 48.0 Å². The zero-order valence-corrected chi connectivity index (χ0v) is 13.3. The summed E-state index contributed by atoms with van der Waals surface area (Å²) < 4.78 is 16.8. The Kier molecular flexibility index (Phi) is 4.86. The molecule has 0 aliphatic carbocycles. The normalized spacial score (nSPS) is 27.5. The van der Waals surface area contributed by atoms with Crippen molar-refractivity contribution in [2.45, 2.75) is 31.1 Å². The number of carbonyl (C=O) groups excluding carboxylic acids is 1. The fourth-order valence-electron chi connectivity index (χ4n) is 3.23. The molecule has 0 saturated carbocycles. The molecule has 0 spiro atoms. The van der Waals surface area contributed by atoms with E-state index >= 15 is 0 Å². The quantitative estimate of drug-likeness (QED) is 0.851. The van der Waals surface area contributed by atoms with Crippen LogP contribution in [0, 0.1) is 0 Å². The highest BCUT2D eigenvalue weighted by Gasteiger charge is 2.44. The van der Waals surface area contributed by atoms with Crippen molar-refractivity contribution in [3.8, 4) is 5.75 Å². The minimum Gasteiger partial charge on any atom is -0.484 e. The number of piperidine rings is 1. The second-order valence-electron chi connectivity index (χ2n) is 5.59. The molecule has 3 rings (SSSR count). The van der Waals surface area contributed by atoms with Gasteiger partial charge in [-0.1, -0.05) is 17.7 Å². The molecule has 1 amide bonds. The summed E-state index contributed by atoms with van der Waals surface area (Å²) >= 11 is 5.91. The zero-order chi connectivity index (χ0) is 15.5. The van der Waals surface area contributed by atoms with Crippen LogP contribution >= 0.6 is 11.6 Å². The summed E-state index contributed by atoms with van der Waals surface area (Å²) in [6, 6.07) is 7.15. The van der Waals surface area contributed by atoms with Crippen molar-refractivity contribution in [3.05, 3.63) is 29.3 Å². The van der Waals surface area contributed by atoms with Crippen LogP contribution in [0.3, 0.4) is 0 Å². The molecule has 0 unspecified atom stereocenters. The van der Waals surface area contributed by atoms with Gasteiger partial charge >= 0.3 is 0 Å². The van der Waals surface area contributed by atoms with Crippen LogP contribution < -0.4 is 4.74 Å². The van der Waals surface area contributed by atoms with E-state index in [-0.39, 0.29) is 30.8 Å². The molecule has 2 saturated heterocycles. The Morgan fingerprint density at radius 2 is 2.32 bits per heavy atom. The Bertz CT molecular complexity index is 539. The number of nitrogens with zero attached hydrogens (tertiary/aromatic N) is 1. The minimum atomic E-state index is -0.0196. The number of benzene rings is 1. The zero-order valence-electron chi connectivity index (χ0n) is 12.5. The van der Waals surface area contributed by atoms with Crippen LogP contribution in [0.5, 0.6) is 5.75 Å². The van der Waals surface area contributed by atoms with Gasteiger partial charge in [-0.2, -0.15) is 0 Å². The lowest BCUT2D eigenvalue weighted by atomic mass is 9.95. The summed E-state index contributed by atoms with van der Waals surface area (Å²) in [5.74, 6) is 0.585. The predicted octanol–water partition coefficient (Wildman–Crippen LogP) is 2.12. The second kappa shape index (κ2) is 6.86. The van der Waals surface area contributed by atoms with E-state index in [0.29, 0.717) is 23.9 Å². The molecule has 1 aromatic carbocycles. The highest BCUT2D eigenvalue weighted by atomic mass is 35.5. The van der Waals surface area contributed by atoms with E-state index in [1.807, 2.05) is 4.90 Å². The standard InChI is InChI=1S/C16H20ClNO4/c1-20-14-5-7-18(13-6-8-21-16(13)14)15(19)10-22-12-4-2-3-11(17)9-12/h2-4,9,13-14,16H,5-8,10H2,1H3/t13-,14-,16-/m1/s1. The lowest BCUT2D eigenvalue weighted by Crippen LogP contribution is -2.56. The summed E-state index contributed by atoms with van der Waals surface area (Å²) in [7, 11) is 1.70. The maximum atomic E-state index is 12.5. The average molecular weight is 326 g/mol. The summed E-state index contributed by atoms with van der Waals surface area (Å²) in [4.78, 5) is 14.3. The Morgan fingerprint density at radius 1 is 1.45 bits per heavy atom. The van der Waals surface area contributed by atoms with Crippen molar-refractivity contribution >= 4 is 17.5 Å². The molecule has 120 valence electrons. The van der Waals surface area contributed by atoms with Crippen molar-refractivity contribution in [2.24, 2.45) is 0 Å². The van der Waals surface area contributed by atoms with Crippen LogP contribution in [0.4, 0.5) is 0 Å². The fraction of sp³-hybridized carbons (Fsp3) is 0.562. The van der Waals surface area contributed by atoms with Crippen molar-refractivity contribution in [3.63, 3.8) is 0 Å². The molecular formula is C16H20ClNO4. The van der Waals surface area contributed by atoms with Gasteiger partial charge in [0.05, 0.1) is 12.1 Å². The molecule has 2 aliphatic rings. The first-order valence-electron chi connectivity index (χ1n) is 7.51. The van der Waals surface area contributed by atoms with Crippen LogP contribution in [0.15, 0.2) is 24.3 Å². The van der Waals surface area contributed by atoms with E-state index in [9.17, 15) is 4.79 Å². The number of methoxy groups -OCH3 is 1. The van der Waals surface area contributed by atoms with Gasteiger partial charge in [0.15, 0.2) is 6.61 Å². The number of amides is 1. The Hall–Kier alpha value is -1.30. The summed E-state index contributed by atoms with van der Waals surface area (Å²) in [6.45, 7) is 1.37. The van der Waals surface area contributed by atoms with Gasteiger partial charge in [-0.25, -0.2) is 0 Å². The molecule has 3 atom stereocenters. The summed E-state index contributed by atoms with van der Waals surface area (Å²) in [5, 5.41) is 0.593. The molecule has 2 fully saturated rings. The molecule has 2 aliphatic heterocycles. The first kappa shape index (κ1) is 15.6. The van der Waals surface area contributed by atoms with Crippen LogP contribution in [-0.2, 0) is 14.3 Å². The van der Waals surface area contributed by atoms with Gasteiger partial charge in [0.2, 0.25) is 0 Å². The molecule has 0 radical (unpaired) electrons. The third kappa shape index (κ3) is 3.21. The first-order valence-corrected chi connectivity index (χ1v) is 7.89. The lowest BCUT2D eigenvalue weighted by Gasteiger charge is -2.40. The van der Waals surface area contributed by atoms with Gasteiger partial charge in [-0.15, -0.1) is 0 Å². The Balaban J connectivity index is 1.60.